The molecule has 3 rings (SSSR count). The van der Waals surface area contributed by atoms with Crippen LogP contribution in [0.25, 0.3) is 22.0 Å². The Balaban J connectivity index is 2.41. The van der Waals surface area contributed by atoms with Crippen LogP contribution in [0, 0.1) is 13.8 Å². The number of pyridine rings is 1. The summed E-state index contributed by atoms with van der Waals surface area (Å²) >= 11 is 0. The van der Waals surface area contributed by atoms with Gasteiger partial charge in [0.1, 0.15) is 7.05 Å². The Bertz CT molecular complexity index is 757. The highest BCUT2D eigenvalue weighted by atomic mass is 14.9. The molecule has 0 atom stereocenters. The first-order valence-corrected chi connectivity index (χ1v) is 6.62. The van der Waals surface area contributed by atoms with Gasteiger partial charge in [0.05, 0.1) is 5.39 Å². The van der Waals surface area contributed by atoms with Crippen molar-refractivity contribution in [1.82, 2.24) is 0 Å². The van der Waals surface area contributed by atoms with E-state index in [1.54, 1.807) is 0 Å². The molecule has 0 saturated carbocycles. The Kier molecular flexibility index (Phi) is 2.83. The predicted molar refractivity (Wildman–Crippen MR) is 80.0 cm³/mol. The zero-order valence-electron chi connectivity index (χ0n) is 11.6. The first kappa shape index (κ1) is 11.9. The topological polar surface area (TPSA) is 3.88 Å². The van der Waals surface area contributed by atoms with E-state index in [4.69, 9.17) is 0 Å². The Morgan fingerprint density at radius 2 is 1.68 bits per heavy atom. The maximum Gasteiger partial charge on any atom is 0.220 e. The van der Waals surface area contributed by atoms with Gasteiger partial charge in [-0.25, -0.2) is 4.57 Å². The number of aryl methyl sites for hydroxylation is 3. The average molecular weight is 248 g/mol. The molecule has 0 N–H and O–H groups in total. The van der Waals surface area contributed by atoms with Gasteiger partial charge < -0.3 is 0 Å². The van der Waals surface area contributed by atoms with Crippen LogP contribution in [0.5, 0.6) is 0 Å². The predicted octanol–water partition coefficient (Wildman–Crippen LogP) is 3.95. The van der Waals surface area contributed by atoms with Crippen molar-refractivity contribution in [3.63, 3.8) is 0 Å². The Labute approximate surface area is 114 Å². The van der Waals surface area contributed by atoms with Crippen LogP contribution < -0.4 is 4.57 Å². The van der Waals surface area contributed by atoms with E-state index in [0.29, 0.717) is 0 Å². The van der Waals surface area contributed by atoms with Gasteiger partial charge in [-0.1, -0.05) is 35.9 Å². The molecule has 0 spiro atoms. The lowest BCUT2D eigenvalue weighted by Gasteiger charge is -2.08. The van der Waals surface area contributed by atoms with E-state index < -0.39 is 0 Å². The van der Waals surface area contributed by atoms with Gasteiger partial charge in [0, 0.05) is 11.6 Å². The minimum absolute atomic E-state index is 1.29. The zero-order chi connectivity index (χ0) is 13.4. The molecule has 1 aromatic heterocycles. The van der Waals surface area contributed by atoms with Gasteiger partial charge in [-0.15, -0.1) is 0 Å². The number of benzene rings is 2. The third kappa shape index (κ3) is 2.01. The summed E-state index contributed by atoms with van der Waals surface area (Å²) in [6, 6.07) is 17.4. The van der Waals surface area contributed by atoms with Crippen LogP contribution in [0.3, 0.4) is 0 Å². The normalized spacial score (nSPS) is 10.9. The summed E-state index contributed by atoms with van der Waals surface area (Å²) in [5.74, 6) is 0. The molecule has 94 valence electrons. The van der Waals surface area contributed by atoms with E-state index in [-0.39, 0.29) is 0 Å². The van der Waals surface area contributed by atoms with E-state index in [1.165, 1.54) is 33.2 Å². The molecule has 0 fully saturated rings. The Morgan fingerprint density at radius 1 is 0.895 bits per heavy atom. The van der Waals surface area contributed by atoms with Crippen LogP contribution in [0.15, 0.2) is 54.7 Å². The maximum absolute atomic E-state index is 2.27. The van der Waals surface area contributed by atoms with Crippen LogP contribution in [-0.2, 0) is 7.05 Å². The number of hydrogen-bond donors (Lipinski definition) is 0. The molecule has 0 aliphatic heterocycles. The first-order valence-electron chi connectivity index (χ1n) is 6.62. The summed E-state index contributed by atoms with van der Waals surface area (Å²) in [6.45, 7) is 4.32. The van der Waals surface area contributed by atoms with Gasteiger partial charge in [0.15, 0.2) is 6.20 Å². The van der Waals surface area contributed by atoms with Gasteiger partial charge in [-0.2, -0.15) is 0 Å². The smallest absolute Gasteiger partial charge is 0.200 e. The highest BCUT2D eigenvalue weighted by Crippen LogP contribution is 2.28. The molecule has 0 amide bonds. The molecule has 1 heteroatoms. The SMILES string of the molecule is Cc1ccc(C)c(-c2c3ccccc3cc[n+]2C)c1. The van der Waals surface area contributed by atoms with Crippen molar-refractivity contribution in [3.05, 3.63) is 65.9 Å². The van der Waals surface area contributed by atoms with E-state index in [2.05, 4.69) is 80.2 Å². The van der Waals surface area contributed by atoms with Crippen molar-refractivity contribution in [2.75, 3.05) is 0 Å². The minimum atomic E-state index is 1.29. The van der Waals surface area contributed by atoms with Gasteiger partial charge in [0.2, 0.25) is 5.69 Å². The third-order valence-electron chi connectivity index (χ3n) is 3.69. The maximum atomic E-state index is 2.27. The number of fused-ring (bicyclic) bond motifs is 1. The van der Waals surface area contributed by atoms with Crippen molar-refractivity contribution in [1.29, 1.82) is 0 Å². The molecule has 0 unspecified atom stereocenters. The Hall–Kier alpha value is -2.15. The summed E-state index contributed by atoms with van der Waals surface area (Å²) in [6.07, 6.45) is 2.14. The highest BCUT2D eigenvalue weighted by molar-refractivity contribution is 5.93. The molecule has 1 nitrogen and oxygen atoms in total. The monoisotopic (exact) mass is 248 g/mol. The fraction of sp³-hybridized carbons (Fsp3) is 0.167. The second-order valence-corrected chi connectivity index (χ2v) is 5.18. The molecule has 1 heterocycles. The van der Waals surface area contributed by atoms with E-state index >= 15 is 0 Å². The molecule has 0 bridgehead atoms. The summed E-state index contributed by atoms with van der Waals surface area (Å²) in [4.78, 5) is 0. The van der Waals surface area contributed by atoms with Crippen molar-refractivity contribution < 1.29 is 4.57 Å². The second kappa shape index (κ2) is 4.51. The van der Waals surface area contributed by atoms with Crippen LogP contribution in [0.4, 0.5) is 0 Å². The fourth-order valence-corrected chi connectivity index (χ4v) is 2.64. The van der Waals surface area contributed by atoms with E-state index in [9.17, 15) is 0 Å². The standard InChI is InChI=1S/C18H18N/c1-13-8-9-14(2)17(12-13)18-16-7-5-4-6-15(16)10-11-19(18)3/h4-12H,1-3H3/q+1. The Morgan fingerprint density at radius 3 is 2.53 bits per heavy atom. The van der Waals surface area contributed by atoms with Crippen molar-refractivity contribution >= 4 is 10.8 Å². The molecular weight excluding hydrogens is 230 g/mol. The molecule has 3 aromatic rings. The molecule has 0 aliphatic rings. The highest BCUT2D eigenvalue weighted by Gasteiger charge is 2.16. The van der Waals surface area contributed by atoms with Crippen LogP contribution in [-0.4, -0.2) is 0 Å². The minimum Gasteiger partial charge on any atom is -0.200 e. The molecular formula is C18H18N+. The molecule has 19 heavy (non-hydrogen) atoms. The summed E-state index contributed by atoms with van der Waals surface area (Å²) in [5.41, 5.74) is 5.23. The molecule has 0 aliphatic carbocycles. The van der Waals surface area contributed by atoms with Crippen LogP contribution in [0.1, 0.15) is 11.1 Å². The van der Waals surface area contributed by atoms with Crippen LogP contribution in [0.2, 0.25) is 0 Å². The summed E-state index contributed by atoms with van der Waals surface area (Å²) in [5, 5.41) is 2.60. The lowest BCUT2D eigenvalue weighted by molar-refractivity contribution is -0.659. The summed E-state index contributed by atoms with van der Waals surface area (Å²) < 4.78 is 2.21. The number of rotatable bonds is 1. The average Bonchev–Trinajstić information content (AvgIpc) is 2.42. The fourth-order valence-electron chi connectivity index (χ4n) is 2.64. The van der Waals surface area contributed by atoms with Gasteiger partial charge in [-0.05, 0) is 36.9 Å². The number of nitrogens with zero attached hydrogens (tertiary/aromatic N) is 1. The van der Waals surface area contributed by atoms with Crippen molar-refractivity contribution in [2.45, 2.75) is 13.8 Å². The van der Waals surface area contributed by atoms with Crippen molar-refractivity contribution in [3.8, 4) is 11.3 Å². The van der Waals surface area contributed by atoms with Crippen LogP contribution >= 0.6 is 0 Å². The lowest BCUT2D eigenvalue weighted by atomic mass is 9.98. The van der Waals surface area contributed by atoms with Crippen molar-refractivity contribution in [2.24, 2.45) is 7.05 Å². The first-order chi connectivity index (χ1) is 9.16. The zero-order valence-corrected chi connectivity index (χ0v) is 11.6. The van der Waals surface area contributed by atoms with Gasteiger partial charge >= 0.3 is 0 Å². The molecule has 0 saturated heterocycles. The second-order valence-electron chi connectivity index (χ2n) is 5.18. The molecule has 2 aromatic carbocycles. The van der Waals surface area contributed by atoms with E-state index in [0.717, 1.165) is 0 Å². The number of hydrogen-bond acceptors (Lipinski definition) is 0. The van der Waals surface area contributed by atoms with E-state index in [1.807, 2.05) is 0 Å². The molecule has 0 radical (unpaired) electrons. The lowest BCUT2D eigenvalue weighted by Crippen LogP contribution is -2.30. The summed E-state index contributed by atoms with van der Waals surface area (Å²) in [7, 11) is 2.11. The third-order valence-corrected chi connectivity index (χ3v) is 3.69. The van der Waals surface area contributed by atoms with Gasteiger partial charge in [-0.3, -0.25) is 0 Å². The number of aromatic nitrogens is 1. The quantitative estimate of drug-likeness (QED) is 0.574. The van der Waals surface area contributed by atoms with Gasteiger partial charge in [0.25, 0.3) is 0 Å². The largest absolute Gasteiger partial charge is 0.220 e.